The monoisotopic (exact) mass is 501 g/mol. The zero-order chi connectivity index (χ0) is 24.6. The highest BCUT2D eigenvalue weighted by atomic mass is 32.1. The topological polar surface area (TPSA) is 96.3 Å². The van der Waals surface area contributed by atoms with Gasteiger partial charge in [-0.1, -0.05) is 13.3 Å². The summed E-state index contributed by atoms with van der Waals surface area (Å²) in [5.41, 5.74) is 1.01. The van der Waals surface area contributed by atoms with Crippen molar-refractivity contribution in [2.24, 2.45) is 0 Å². The van der Waals surface area contributed by atoms with Crippen molar-refractivity contribution in [3.05, 3.63) is 27.1 Å². The van der Waals surface area contributed by atoms with Crippen LogP contribution in [0.3, 0.4) is 0 Å². The molecule has 2 aliphatic rings. The highest BCUT2D eigenvalue weighted by Crippen LogP contribution is 2.33. The number of carbonyl (C=O) groups is 2. The molecule has 0 spiro atoms. The summed E-state index contributed by atoms with van der Waals surface area (Å²) in [6.45, 7) is 5.54. The number of likely N-dealkylation sites (tertiary alicyclic amines) is 1. The van der Waals surface area contributed by atoms with Crippen LogP contribution >= 0.6 is 11.3 Å². The summed E-state index contributed by atoms with van der Waals surface area (Å²) < 4.78 is 1.40. The third-order valence-electron chi connectivity index (χ3n) is 7.32. The second-order valence-electron chi connectivity index (χ2n) is 9.82. The number of hydrogen-bond acceptors (Lipinski definition) is 6. The van der Waals surface area contributed by atoms with E-state index in [1.165, 1.54) is 48.0 Å². The van der Waals surface area contributed by atoms with E-state index in [0.29, 0.717) is 37.4 Å². The van der Waals surface area contributed by atoms with E-state index in [9.17, 15) is 14.4 Å². The molecule has 0 bridgehead atoms. The normalized spacial score (nSPS) is 18.4. The molecular formula is C26H39N5O3S. The van der Waals surface area contributed by atoms with Gasteiger partial charge in [-0.2, -0.15) is 0 Å². The molecule has 1 saturated heterocycles. The number of piperidine rings is 1. The fraction of sp³-hybridized carbons (Fsp3) is 0.692. The van der Waals surface area contributed by atoms with E-state index < -0.39 is 0 Å². The number of amides is 2. The Morgan fingerprint density at radius 3 is 2.74 bits per heavy atom. The molecule has 2 aromatic rings. The van der Waals surface area contributed by atoms with Crippen LogP contribution in [0.15, 0.2) is 11.1 Å². The predicted octanol–water partition coefficient (Wildman–Crippen LogP) is 3.00. The lowest BCUT2D eigenvalue weighted by Crippen LogP contribution is -2.40. The number of thiophene rings is 1. The molecule has 35 heavy (non-hydrogen) atoms. The van der Waals surface area contributed by atoms with Crippen LogP contribution in [-0.2, 0) is 29.0 Å². The molecule has 2 amide bonds. The van der Waals surface area contributed by atoms with Crippen molar-refractivity contribution in [2.45, 2.75) is 90.1 Å². The highest BCUT2D eigenvalue weighted by molar-refractivity contribution is 7.18. The first-order valence-corrected chi connectivity index (χ1v) is 14.2. The Morgan fingerprint density at radius 2 is 1.89 bits per heavy atom. The van der Waals surface area contributed by atoms with Crippen LogP contribution in [0.25, 0.3) is 10.2 Å². The molecule has 0 saturated carbocycles. The molecule has 4 rings (SSSR count). The molecule has 3 heterocycles. The summed E-state index contributed by atoms with van der Waals surface area (Å²) in [6.07, 6.45) is 12.7. The maximum atomic E-state index is 13.0. The second-order valence-corrected chi connectivity index (χ2v) is 10.9. The van der Waals surface area contributed by atoms with Gasteiger partial charge in [0, 0.05) is 37.0 Å². The van der Waals surface area contributed by atoms with E-state index in [0.717, 1.165) is 49.0 Å². The summed E-state index contributed by atoms with van der Waals surface area (Å²) in [5.74, 6) is -0.206. The maximum absolute atomic E-state index is 13.0. The zero-order valence-electron chi connectivity index (χ0n) is 20.9. The summed E-state index contributed by atoms with van der Waals surface area (Å²) in [6, 6.07) is 0.701. The molecule has 1 aliphatic heterocycles. The largest absolute Gasteiger partial charge is 0.356 e. The van der Waals surface area contributed by atoms with Gasteiger partial charge < -0.3 is 15.5 Å². The van der Waals surface area contributed by atoms with Gasteiger partial charge in [-0.3, -0.25) is 19.0 Å². The lowest BCUT2D eigenvalue weighted by molar-refractivity contribution is -0.123. The summed E-state index contributed by atoms with van der Waals surface area (Å²) in [4.78, 5) is 46.5. The number of aromatic nitrogens is 2. The van der Waals surface area contributed by atoms with Crippen molar-refractivity contribution in [3.8, 4) is 0 Å². The first-order valence-electron chi connectivity index (χ1n) is 13.3. The van der Waals surface area contributed by atoms with Crippen LogP contribution in [0.1, 0.15) is 75.2 Å². The third kappa shape index (κ3) is 6.70. The average molecular weight is 502 g/mol. The van der Waals surface area contributed by atoms with Gasteiger partial charge in [-0.05, 0) is 69.9 Å². The lowest BCUT2D eigenvalue weighted by atomic mass is 9.97. The van der Waals surface area contributed by atoms with Gasteiger partial charge >= 0.3 is 0 Å². The fourth-order valence-electron chi connectivity index (χ4n) is 5.40. The molecule has 1 aliphatic carbocycles. The van der Waals surface area contributed by atoms with E-state index in [1.54, 1.807) is 11.3 Å². The molecule has 0 radical (unpaired) electrons. The molecule has 2 N–H and O–H groups in total. The van der Waals surface area contributed by atoms with E-state index in [4.69, 9.17) is 0 Å². The number of nitrogens with zero attached hydrogens (tertiary/aromatic N) is 3. The molecule has 8 nitrogen and oxygen atoms in total. The minimum absolute atomic E-state index is 0.0260. The molecule has 1 atom stereocenters. The first-order chi connectivity index (χ1) is 17.1. The van der Waals surface area contributed by atoms with Crippen molar-refractivity contribution < 1.29 is 9.59 Å². The third-order valence-corrected chi connectivity index (χ3v) is 8.52. The average Bonchev–Trinajstić information content (AvgIpc) is 3.26. The van der Waals surface area contributed by atoms with Gasteiger partial charge in [-0.25, -0.2) is 4.98 Å². The van der Waals surface area contributed by atoms with E-state index in [-0.39, 0.29) is 23.9 Å². The Kier molecular flexibility index (Phi) is 9.31. The van der Waals surface area contributed by atoms with Crippen molar-refractivity contribution in [1.29, 1.82) is 0 Å². The van der Waals surface area contributed by atoms with Gasteiger partial charge in [0.25, 0.3) is 5.56 Å². The van der Waals surface area contributed by atoms with Gasteiger partial charge in [0.2, 0.25) is 11.8 Å². The van der Waals surface area contributed by atoms with Crippen molar-refractivity contribution >= 4 is 33.4 Å². The van der Waals surface area contributed by atoms with Crippen LogP contribution < -0.4 is 16.2 Å². The van der Waals surface area contributed by atoms with Gasteiger partial charge in [-0.15, -0.1) is 11.3 Å². The van der Waals surface area contributed by atoms with Crippen molar-refractivity contribution in [2.75, 3.05) is 26.2 Å². The minimum Gasteiger partial charge on any atom is -0.356 e. The van der Waals surface area contributed by atoms with Crippen LogP contribution in [0.2, 0.25) is 0 Å². The van der Waals surface area contributed by atoms with E-state index in [1.807, 2.05) is 0 Å². The number of nitrogens with one attached hydrogen (secondary N) is 2. The molecule has 2 aromatic heterocycles. The predicted molar refractivity (Wildman–Crippen MR) is 140 cm³/mol. The van der Waals surface area contributed by atoms with Crippen molar-refractivity contribution in [1.82, 2.24) is 25.1 Å². The number of aryl methyl sites for hydroxylation is 2. The van der Waals surface area contributed by atoms with Gasteiger partial charge in [0.1, 0.15) is 11.4 Å². The van der Waals surface area contributed by atoms with Gasteiger partial charge in [0.15, 0.2) is 0 Å². The smallest absolute Gasteiger partial charge is 0.262 e. The highest BCUT2D eigenvalue weighted by Gasteiger charge is 2.21. The molecule has 192 valence electrons. The van der Waals surface area contributed by atoms with Crippen LogP contribution in [0.4, 0.5) is 0 Å². The van der Waals surface area contributed by atoms with Crippen molar-refractivity contribution in [3.63, 3.8) is 0 Å². The maximum Gasteiger partial charge on any atom is 0.262 e. The minimum atomic E-state index is -0.232. The Morgan fingerprint density at radius 1 is 1.09 bits per heavy atom. The summed E-state index contributed by atoms with van der Waals surface area (Å²) >= 11 is 1.61. The summed E-state index contributed by atoms with van der Waals surface area (Å²) in [7, 11) is 0. The Hall–Kier alpha value is -2.26. The lowest BCUT2D eigenvalue weighted by Gasteiger charge is -2.35. The standard InChI is InChI=1S/C26H39N5O3S/c1-2-19-9-5-6-15-30(19)16-8-14-27-22(32)12-7-13-28-23(33)17-31-18-29-25-24(26(31)34)20-10-3-4-11-21(20)35-25/h18-19H,2-17H2,1H3,(H,27,32)(H,28,33)/t19-/m1/s1. The second kappa shape index (κ2) is 12.6. The number of hydrogen-bond donors (Lipinski definition) is 2. The molecule has 1 fully saturated rings. The fourth-order valence-corrected chi connectivity index (χ4v) is 6.62. The quantitative estimate of drug-likeness (QED) is 0.462. The SMILES string of the molecule is CC[C@@H]1CCCCN1CCCNC(=O)CCCNC(=O)Cn1cnc2sc3c(c2c1=O)CCCC3. The number of fused-ring (bicyclic) bond motifs is 3. The van der Waals surface area contributed by atoms with Crippen LogP contribution in [-0.4, -0.2) is 58.5 Å². The zero-order valence-corrected chi connectivity index (χ0v) is 21.8. The Balaban J connectivity index is 1.14. The molecular weight excluding hydrogens is 462 g/mol. The molecule has 9 heteroatoms. The van der Waals surface area contributed by atoms with Gasteiger partial charge in [0.05, 0.1) is 11.7 Å². The number of carbonyl (C=O) groups excluding carboxylic acids is 2. The Bertz CT molecular complexity index is 1080. The van der Waals surface area contributed by atoms with E-state index in [2.05, 4.69) is 27.4 Å². The van der Waals surface area contributed by atoms with Crippen LogP contribution in [0, 0.1) is 0 Å². The summed E-state index contributed by atoms with van der Waals surface area (Å²) in [5, 5.41) is 6.52. The van der Waals surface area contributed by atoms with E-state index >= 15 is 0 Å². The van der Waals surface area contributed by atoms with Crippen LogP contribution in [0.5, 0.6) is 0 Å². The molecule has 0 aromatic carbocycles. The number of rotatable bonds is 11. The molecule has 0 unspecified atom stereocenters. The Labute approximate surface area is 211 Å². The first kappa shape index (κ1) is 25.8.